The van der Waals surface area contributed by atoms with E-state index in [2.05, 4.69) is 30.0 Å². The highest BCUT2D eigenvalue weighted by Gasteiger charge is 2.05. The van der Waals surface area contributed by atoms with Gasteiger partial charge in [-0.05, 0) is 18.2 Å². The van der Waals surface area contributed by atoms with Gasteiger partial charge in [-0.25, -0.2) is 4.79 Å². The van der Waals surface area contributed by atoms with Crippen LogP contribution in [0.25, 0.3) is 0 Å². The van der Waals surface area contributed by atoms with Crippen molar-refractivity contribution in [2.75, 3.05) is 7.11 Å². The molecule has 0 saturated carbocycles. The molecule has 4 heteroatoms. The maximum Gasteiger partial charge on any atom is 0.337 e. The second kappa shape index (κ2) is 3.87. The number of rotatable bonds is 1. The van der Waals surface area contributed by atoms with Gasteiger partial charge in [0.2, 0.25) is 0 Å². The van der Waals surface area contributed by atoms with E-state index in [1.165, 1.54) is 7.11 Å². The SMILES string of the molecule is COC(=O)c1cc(S)cc(S)c1. The summed E-state index contributed by atoms with van der Waals surface area (Å²) >= 11 is 8.20. The number of methoxy groups -OCH3 is 1. The number of esters is 1. The predicted molar refractivity (Wildman–Crippen MR) is 52.3 cm³/mol. The van der Waals surface area contributed by atoms with Crippen LogP contribution in [0.5, 0.6) is 0 Å². The molecule has 0 aliphatic heterocycles. The molecule has 12 heavy (non-hydrogen) atoms. The Morgan fingerprint density at radius 2 is 1.75 bits per heavy atom. The van der Waals surface area contributed by atoms with Crippen molar-refractivity contribution in [3.05, 3.63) is 23.8 Å². The summed E-state index contributed by atoms with van der Waals surface area (Å²) in [6.07, 6.45) is 0. The molecule has 0 spiro atoms. The Morgan fingerprint density at radius 1 is 1.25 bits per heavy atom. The van der Waals surface area contributed by atoms with E-state index in [0.29, 0.717) is 15.4 Å². The van der Waals surface area contributed by atoms with Crippen molar-refractivity contribution in [1.82, 2.24) is 0 Å². The molecular weight excluding hydrogens is 192 g/mol. The van der Waals surface area contributed by atoms with Gasteiger partial charge in [0.25, 0.3) is 0 Å². The van der Waals surface area contributed by atoms with Gasteiger partial charge in [-0.1, -0.05) is 0 Å². The first kappa shape index (κ1) is 9.48. The first-order valence-corrected chi connectivity index (χ1v) is 4.14. The molecule has 0 fully saturated rings. The molecule has 1 aromatic carbocycles. The van der Waals surface area contributed by atoms with Crippen LogP contribution < -0.4 is 0 Å². The number of hydrogen-bond donors (Lipinski definition) is 2. The Bertz CT molecular complexity index is 290. The van der Waals surface area contributed by atoms with E-state index in [1.54, 1.807) is 18.2 Å². The second-order valence-corrected chi connectivity index (χ2v) is 3.26. The van der Waals surface area contributed by atoms with E-state index < -0.39 is 0 Å². The molecule has 0 aliphatic rings. The van der Waals surface area contributed by atoms with Crippen molar-refractivity contribution < 1.29 is 9.53 Å². The van der Waals surface area contributed by atoms with E-state index in [4.69, 9.17) is 0 Å². The largest absolute Gasteiger partial charge is 0.465 e. The Hall–Kier alpha value is -0.610. The first-order valence-electron chi connectivity index (χ1n) is 3.25. The molecular formula is C8H8O2S2. The van der Waals surface area contributed by atoms with Gasteiger partial charge in [-0.15, -0.1) is 25.3 Å². The second-order valence-electron chi connectivity index (χ2n) is 2.23. The van der Waals surface area contributed by atoms with Gasteiger partial charge >= 0.3 is 5.97 Å². The summed E-state index contributed by atoms with van der Waals surface area (Å²) in [5.41, 5.74) is 0.468. The zero-order valence-corrected chi connectivity index (χ0v) is 8.23. The molecule has 2 nitrogen and oxygen atoms in total. The van der Waals surface area contributed by atoms with E-state index in [-0.39, 0.29) is 5.97 Å². The van der Waals surface area contributed by atoms with Crippen LogP contribution in [0.1, 0.15) is 10.4 Å². The van der Waals surface area contributed by atoms with Crippen LogP contribution in [0.3, 0.4) is 0 Å². The summed E-state index contributed by atoms with van der Waals surface area (Å²) in [4.78, 5) is 12.4. The van der Waals surface area contributed by atoms with Crippen LogP contribution in [0.15, 0.2) is 28.0 Å². The molecule has 0 amide bonds. The lowest BCUT2D eigenvalue weighted by Gasteiger charge is -2.00. The van der Waals surface area contributed by atoms with Crippen molar-refractivity contribution in [2.45, 2.75) is 9.79 Å². The number of benzene rings is 1. The van der Waals surface area contributed by atoms with Crippen LogP contribution in [-0.2, 0) is 4.74 Å². The zero-order valence-electron chi connectivity index (χ0n) is 6.44. The van der Waals surface area contributed by atoms with Gasteiger partial charge in [0.05, 0.1) is 12.7 Å². The van der Waals surface area contributed by atoms with Gasteiger partial charge in [0.1, 0.15) is 0 Å². The minimum Gasteiger partial charge on any atom is -0.465 e. The zero-order chi connectivity index (χ0) is 9.14. The number of carbonyl (C=O) groups is 1. The van der Waals surface area contributed by atoms with Gasteiger partial charge in [0.15, 0.2) is 0 Å². The summed E-state index contributed by atoms with van der Waals surface area (Å²) in [6, 6.07) is 5.02. The van der Waals surface area contributed by atoms with Gasteiger partial charge in [-0.3, -0.25) is 0 Å². The fourth-order valence-corrected chi connectivity index (χ4v) is 1.49. The molecule has 64 valence electrons. The maximum absolute atomic E-state index is 11.0. The van der Waals surface area contributed by atoms with Crippen molar-refractivity contribution in [3.8, 4) is 0 Å². The molecule has 0 N–H and O–H groups in total. The van der Waals surface area contributed by atoms with E-state index >= 15 is 0 Å². The number of carbonyl (C=O) groups excluding carboxylic acids is 1. The summed E-state index contributed by atoms with van der Waals surface area (Å²) in [5.74, 6) is -0.374. The highest BCUT2D eigenvalue weighted by atomic mass is 32.1. The molecule has 0 heterocycles. The van der Waals surface area contributed by atoms with E-state index in [0.717, 1.165) is 0 Å². The maximum atomic E-state index is 11.0. The minimum absolute atomic E-state index is 0.374. The quantitative estimate of drug-likeness (QED) is 0.536. The van der Waals surface area contributed by atoms with Crippen LogP contribution in [0.2, 0.25) is 0 Å². The molecule has 0 atom stereocenters. The molecule has 0 bridgehead atoms. The van der Waals surface area contributed by atoms with Crippen LogP contribution in [-0.4, -0.2) is 13.1 Å². The Kier molecular flexibility index (Phi) is 3.05. The lowest BCUT2D eigenvalue weighted by Crippen LogP contribution is -2.00. The standard InChI is InChI=1S/C8H8O2S2/c1-10-8(9)5-2-6(11)4-7(12)3-5/h2-4,11-12H,1H3. The van der Waals surface area contributed by atoms with Gasteiger partial charge < -0.3 is 4.74 Å². The molecule has 0 radical (unpaired) electrons. The number of thiol groups is 2. The Balaban J connectivity index is 3.08. The molecule has 0 saturated heterocycles. The lowest BCUT2D eigenvalue weighted by molar-refractivity contribution is 0.0600. The van der Waals surface area contributed by atoms with Crippen molar-refractivity contribution >= 4 is 31.2 Å². The van der Waals surface area contributed by atoms with E-state index in [9.17, 15) is 4.79 Å². The van der Waals surface area contributed by atoms with Crippen LogP contribution >= 0.6 is 25.3 Å². The summed E-state index contributed by atoms with van der Waals surface area (Å²) in [6.45, 7) is 0. The number of ether oxygens (including phenoxy) is 1. The third-order valence-corrected chi connectivity index (χ3v) is 1.84. The normalized spacial score (nSPS) is 9.58. The third kappa shape index (κ3) is 2.19. The van der Waals surface area contributed by atoms with Crippen molar-refractivity contribution in [2.24, 2.45) is 0 Å². The number of hydrogen-bond acceptors (Lipinski definition) is 4. The predicted octanol–water partition coefficient (Wildman–Crippen LogP) is 2.05. The smallest absolute Gasteiger partial charge is 0.337 e. The van der Waals surface area contributed by atoms with Crippen molar-refractivity contribution in [3.63, 3.8) is 0 Å². The first-order chi connectivity index (χ1) is 5.63. The molecule has 0 aromatic heterocycles. The average Bonchev–Trinajstić information content (AvgIpc) is 2.01. The van der Waals surface area contributed by atoms with Crippen molar-refractivity contribution in [1.29, 1.82) is 0 Å². The molecule has 1 rings (SSSR count). The molecule has 0 unspecified atom stereocenters. The van der Waals surface area contributed by atoms with E-state index in [1.807, 2.05) is 0 Å². The lowest BCUT2D eigenvalue weighted by atomic mass is 10.2. The van der Waals surface area contributed by atoms with Crippen LogP contribution in [0, 0.1) is 0 Å². The Labute approximate surface area is 81.7 Å². The van der Waals surface area contributed by atoms with Gasteiger partial charge in [-0.2, -0.15) is 0 Å². The average molecular weight is 200 g/mol. The highest BCUT2D eigenvalue weighted by molar-refractivity contribution is 7.81. The summed E-state index contributed by atoms with van der Waals surface area (Å²) < 4.78 is 4.54. The molecule has 0 aliphatic carbocycles. The fraction of sp³-hybridized carbons (Fsp3) is 0.125. The van der Waals surface area contributed by atoms with Crippen LogP contribution in [0.4, 0.5) is 0 Å². The highest BCUT2D eigenvalue weighted by Crippen LogP contribution is 2.16. The van der Waals surface area contributed by atoms with Gasteiger partial charge in [0, 0.05) is 9.79 Å². The topological polar surface area (TPSA) is 26.3 Å². The summed E-state index contributed by atoms with van der Waals surface area (Å²) in [7, 11) is 1.34. The Morgan fingerprint density at radius 3 is 2.17 bits per heavy atom. The molecule has 1 aromatic rings. The minimum atomic E-state index is -0.374. The fourth-order valence-electron chi connectivity index (χ4n) is 0.831. The third-order valence-electron chi connectivity index (χ3n) is 1.32. The summed E-state index contributed by atoms with van der Waals surface area (Å²) in [5, 5.41) is 0. The monoisotopic (exact) mass is 200 g/mol.